The first-order valence-corrected chi connectivity index (χ1v) is 5.74. The van der Waals surface area contributed by atoms with E-state index in [9.17, 15) is 9.46 Å². The van der Waals surface area contributed by atoms with Crippen LogP contribution in [0.1, 0.15) is 13.8 Å². The molecule has 6 heteroatoms. The molecule has 0 aromatic carbocycles. The molecule has 74 valence electrons. The highest BCUT2D eigenvalue weighted by Gasteiger charge is 2.30. The van der Waals surface area contributed by atoms with E-state index in [1.54, 1.807) is 13.8 Å². The summed E-state index contributed by atoms with van der Waals surface area (Å²) in [6, 6.07) is -1.07. The van der Waals surface area contributed by atoms with Crippen molar-refractivity contribution in [3.8, 4) is 0 Å². The van der Waals surface area contributed by atoms with Gasteiger partial charge in [-0.3, -0.25) is 4.57 Å². The summed E-state index contributed by atoms with van der Waals surface area (Å²) in [4.78, 5) is 9.23. The highest BCUT2D eigenvalue weighted by molar-refractivity contribution is 7.58. The van der Waals surface area contributed by atoms with Crippen molar-refractivity contribution in [1.82, 2.24) is 0 Å². The van der Waals surface area contributed by atoms with Gasteiger partial charge in [-0.1, -0.05) is 0 Å². The Kier molecular flexibility index (Phi) is 5.70. The maximum Gasteiger partial charge on any atom is 0.268 e. The normalized spacial score (nSPS) is 16.4. The van der Waals surface area contributed by atoms with Gasteiger partial charge in [0.25, 0.3) is 7.37 Å². The van der Waals surface area contributed by atoms with Gasteiger partial charge in [0.1, 0.15) is 0 Å². The van der Waals surface area contributed by atoms with Crippen molar-refractivity contribution in [2.75, 3.05) is 19.5 Å². The topological polar surface area (TPSA) is 81.8 Å². The first-order valence-electron chi connectivity index (χ1n) is 3.83. The maximum atomic E-state index is 11.2. The van der Waals surface area contributed by atoms with Crippen LogP contribution >= 0.6 is 7.37 Å². The van der Waals surface area contributed by atoms with Gasteiger partial charge in [0.2, 0.25) is 6.03 Å². The van der Waals surface area contributed by atoms with Gasteiger partial charge in [0.15, 0.2) is 0 Å². The summed E-state index contributed by atoms with van der Waals surface area (Å²) in [7, 11) is -3.48. The van der Waals surface area contributed by atoms with Crippen LogP contribution in [-0.2, 0) is 14.0 Å². The summed E-state index contributed by atoms with van der Waals surface area (Å²) in [5, 5.41) is 0. The van der Waals surface area contributed by atoms with E-state index < -0.39 is 13.4 Å². The third-order valence-electron chi connectivity index (χ3n) is 1.21. The van der Waals surface area contributed by atoms with Crippen molar-refractivity contribution < 1.29 is 18.9 Å². The van der Waals surface area contributed by atoms with Crippen LogP contribution in [0.15, 0.2) is 0 Å². The molecule has 0 saturated carbocycles. The Bertz CT molecular complexity index is 158. The molecule has 3 N–H and O–H groups in total. The van der Waals surface area contributed by atoms with Gasteiger partial charge in [-0.15, -0.1) is 0 Å². The highest BCUT2D eigenvalue weighted by atomic mass is 31.2. The number of hydrogen-bond donors (Lipinski definition) is 2. The monoisotopic (exact) mass is 197 g/mol. The molecule has 0 aromatic rings. The van der Waals surface area contributed by atoms with Crippen molar-refractivity contribution in [2.24, 2.45) is 5.73 Å². The largest absolute Gasteiger partial charge is 0.345 e. The third kappa shape index (κ3) is 3.65. The molecule has 0 aliphatic carbocycles. The fourth-order valence-corrected chi connectivity index (χ4v) is 1.59. The Morgan fingerprint density at radius 3 is 2.08 bits per heavy atom. The number of hydrogen-bond acceptors (Lipinski definition) is 4. The molecular weight excluding hydrogens is 181 g/mol. The van der Waals surface area contributed by atoms with Crippen molar-refractivity contribution >= 4 is 7.37 Å². The lowest BCUT2D eigenvalue weighted by atomic mass is 10.9. The molecule has 0 aromatic heterocycles. The molecule has 0 aliphatic heterocycles. The lowest BCUT2D eigenvalue weighted by Gasteiger charge is -2.20. The Balaban J connectivity index is 4.17. The molecule has 5 nitrogen and oxygen atoms in total. The summed E-state index contributed by atoms with van der Waals surface area (Å²) in [6.45, 7) is 4.11. The van der Waals surface area contributed by atoms with Crippen LogP contribution in [0.3, 0.4) is 0 Å². The minimum Gasteiger partial charge on any atom is -0.345 e. The summed E-state index contributed by atoms with van der Waals surface area (Å²) < 4.78 is 21.1. The van der Waals surface area contributed by atoms with E-state index in [1.807, 2.05) is 0 Å². The molecule has 0 amide bonds. The average Bonchev–Trinajstić information content (AvgIpc) is 2.04. The van der Waals surface area contributed by atoms with Gasteiger partial charge < -0.3 is 20.1 Å². The SMILES string of the molecule is CCOC(OCC)P(=O)(O)CN. The molecule has 0 bridgehead atoms. The second-order valence-electron chi connectivity index (χ2n) is 2.16. The molecule has 1 unspecified atom stereocenters. The summed E-state index contributed by atoms with van der Waals surface area (Å²) in [6.07, 6.45) is -0.322. The minimum absolute atomic E-state index is 0.322. The van der Waals surface area contributed by atoms with E-state index in [4.69, 9.17) is 15.2 Å². The predicted octanol–water partition coefficient (Wildman–Crippen LogP) is 0.530. The van der Waals surface area contributed by atoms with Crippen LogP contribution in [0.2, 0.25) is 0 Å². The number of nitrogens with two attached hydrogens (primary N) is 1. The quantitative estimate of drug-likeness (QED) is 0.479. The van der Waals surface area contributed by atoms with E-state index in [0.29, 0.717) is 13.2 Å². The molecule has 0 fully saturated rings. The third-order valence-corrected chi connectivity index (χ3v) is 2.69. The summed E-state index contributed by atoms with van der Waals surface area (Å²) in [5.74, 6) is 0. The fourth-order valence-electron chi connectivity index (χ4n) is 0.652. The molecule has 1 atom stereocenters. The van der Waals surface area contributed by atoms with Crippen LogP contribution < -0.4 is 5.73 Å². The maximum absolute atomic E-state index is 11.2. The Morgan fingerprint density at radius 1 is 1.42 bits per heavy atom. The van der Waals surface area contributed by atoms with Crippen molar-refractivity contribution in [2.45, 2.75) is 19.9 Å². The molecule has 0 rings (SSSR count). The van der Waals surface area contributed by atoms with Gasteiger partial charge in [-0.25, -0.2) is 0 Å². The molecular formula is C6H16NO4P. The molecule has 0 saturated heterocycles. The van der Waals surface area contributed by atoms with E-state index in [2.05, 4.69) is 0 Å². The van der Waals surface area contributed by atoms with Crippen LogP contribution in [0.4, 0.5) is 0 Å². The van der Waals surface area contributed by atoms with Crippen molar-refractivity contribution in [3.63, 3.8) is 0 Å². The van der Waals surface area contributed by atoms with Crippen LogP contribution in [0.5, 0.6) is 0 Å². The molecule has 12 heavy (non-hydrogen) atoms. The predicted molar refractivity (Wildman–Crippen MR) is 45.9 cm³/mol. The smallest absolute Gasteiger partial charge is 0.268 e. The van der Waals surface area contributed by atoms with Gasteiger partial charge >= 0.3 is 0 Å². The van der Waals surface area contributed by atoms with E-state index in [1.165, 1.54) is 0 Å². The Hall–Kier alpha value is 0.0700. The van der Waals surface area contributed by atoms with Crippen LogP contribution in [-0.4, -0.2) is 30.4 Å². The first kappa shape index (κ1) is 12.1. The zero-order valence-corrected chi connectivity index (χ0v) is 8.29. The highest BCUT2D eigenvalue weighted by Crippen LogP contribution is 2.45. The fraction of sp³-hybridized carbons (Fsp3) is 1.00. The van der Waals surface area contributed by atoms with E-state index in [0.717, 1.165) is 0 Å². The van der Waals surface area contributed by atoms with Crippen molar-refractivity contribution in [3.05, 3.63) is 0 Å². The number of ether oxygens (including phenoxy) is 2. The second-order valence-corrected chi connectivity index (χ2v) is 4.45. The van der Waals surface area contributed by atoms with Crippen LogP contribution in [0, 0.1) is 0 Å². The minimum atomic E-state index is -3.48. The Labute approximate surface area is 72.3 Å². The Morgan fingerprint density at radius 2 is 1.83 bits per heavy atom. The average molecular weight is 197 g/mol. The lowest BCUT2D eigenvalue weighted by Crippen LogP contribution is -2.21. The second kappa shape index (κ2) is 5.67. The molecule has 0 spiro atoms. The summed E-state index contributed by atoms with van der Waals surface area (Å²) in [5.41, 5.74) is 5.09. The van der Waals surface area contributed by atoms with Gasteiger partial charge in [0.05, 0.1) is 6.29 Å². The standard InChI is InChI=1S/C6H16NO4P/c1-3-10-6(11-4-2)12(8,9)5-7/h6H,3-5,7H2,1-2H3,(H,8,9). The molecule has 0 radical (unpaired) electrons. The molecule has 0 heterocycles. The van der Waals surface area contributed by atoms with Crippen molar-refractivity contribution in [1.29, 1.82) is 0 Å². The van der Waals surface area contributed by atoms with Gasteiger partial charge in [-0.2, -0.15) is 0 Å². The van der Waals surface area contributed by atoms with Crippen LogP contribution in [0.25, 0.3) is 0 Å². The summed E-state index contributed by atoms with van der Waals surface area (Å²) >= 11 is 0. The van der Waals surface area contributed by atoms with E-state index >= 15 is 0 Å². The first-order chi connectivity index (χ1) is 5.58. The van der Waals surface area contributed by atoms with E-state index in [-0.39, 0.29) is 6.29 Å². The number of rotatable bonds is 6. The lowest BCUT2D eigenvalue weighted by molar-refractivity contribution is -0.0870. The molecule has 0 aliphatic rings. The zero-order chi connectivity index (χ0) is 9.61. The van der Waals surface area contributed by atoms with Gasteiger partial charge in [0, 0.05) is 13.2 Å². The van der Waals surface area contributed by atoms with Gasteiger partial charge in [-0.05, 0) is 13.8 Å². The zero-order valence-electron chi connectivity index (χ0n) is 7.40.